The molecule has 0 saturated carbocycles. The summed E-state index contributed by atoms with van der Waals surface area (Å²) in [5.41, 5.74) is 5.62. The third kappa shape index (κ3) is 0.680. The van der Waals surface area contributed by atoms with Gasteiger partial charge in [0.2, 0.25) is 0 Å². The van der Waals surface area contributed by atoms with Gasteiger partial charge in [0, 0.05) is 0 Å². The Morgan fingerprint density at radius 3 is 2.12 bits per heavy atom. The van der Waals surface area contributed by atoms with Gasteiger partial charge in [-0.25, -0.2) is 0 Å². The van der Waals surface area contributed by atoms with Crippen molar-refractivity contribution in [1.82, 2.24) is 0 Å². The van der Waals surface area contributed by atoms with Crippen LogP contribution in [0.3, 0.4) is 0 Å². The molecule has 1 saturated heterocycles. The molecule has 0 aromatic carbocycles. The maximum Gasteiger partial charge on any atom is 0.104 e. The Balaban J connectivity index is 2.55. The summed E-state index contributed by atoms with van der Waals surface area (Å²) in [4.78, 5) is 0. The zero-order chi connectivity index (χ0) is 6.41. The van der Waals surface area contributed by atoms with Gasteiger partial charge in [-0.2, -0.15) is 0 Å². The largest absolute Gasteiger partial charge is 0.383 e. The summed E-state index contributed by atoms with van der Waals surface area (Å²) in [6.07, 6.45) is 0.790. The molecule has 3 heteroatoms. The zero-order valence-electron chi connectivity index (χ0n) is 5.23. The Kier molecular flexibility index (Phi) is 1.16. The number of rotatable bonds is 1. The average Bonchev–Trinajstić information content (AvgIpc) is 2.10. The highest BCUT2D eigenvalue weighted by Gasteiger charge is 2.59. The predicted molar refractivity (Wildman–Crippen MR) is 36.1 cm³/mol. The number of hydrogen-bond acceptors (Lipinski definition) is 2. The molecule has 8 heavy (non-hydrogen) atoms. The third-order valence-electron chi connectivity index (χ3n) is 1.77. The molecular formula is C5H12NOP. The van der Waals surface area contributed by atoms with Crippen LogP contribution in [0.2, 0.25) is 0 Å². The lowest BCUT2D eigenvalue weighted by molar-refractivity contribution is 0.140. The van der Waals surface area contributed by atoms with Crippen molar-refractivity contribution in [3.63, 3.8) is 0 Å². The molecule has 3 unspecified atom stereocenters. The predicted octanol–water partition coefficient (Wildman–Crippen LogP) is 0.452. The average molecular weight is 133 g/mol. The van der Waals surface area contributed by atoms with Crippen LogP contribution in [0, 0.1) is 0 Å². The molecule has 0 amide bonds. The highest BCUT2D eigenvalue weighted by atomic mass is 31.1. The smallest absolute Gasteiger partial charge is 0.104 e. The van der Waals surface area contributed by atoms with E-state index in [0.29, 0.717) is 8.58 Å². The standard InChI is InChI=1S/C5H12NOP/c1-3-5(7)4(2,6)8-5/h7-8H,3,6H2,1-2H3. The van der Waals surface area contributed by atoms with Crippen molar-refractivity contribution in [1.29, 1.82) is 0 Å². The van der Waals surface area contributed by atoms with Gasteiger partial charge in [-0.15, -0.1) is 0 Å². The Bertz CT molecular complexity index is 115. The molecule has 2 nitrogen and oxygen atoms in total. The van der Waals surface area contributed by atoms with Crippen LogP contribution in [0.5, 0.6) is 0 Å². The van der Waals surface area contributed by atoms with Crippen LogP contribution in [0.1, 0.15) is 20.3 Å². The van der Waals surface area contributed by atoms with E-state index in [-0.39, 0.29) is 5.28 Å². The molecule has 1 heterocycles. The topological polar surface area (TPSA) is 46.2 Å². The van der Waals surface area contributed by atoms with Crippen LogP contribution < -0.4 is 5.73 Å². The van der Waals surface area contributed by atoms with Crippen molar-refractivity contribution < 1.29 is 5.11 Å². The second-order valence-corrected chi connectivity index (χ2v) is 4.66. The van der Waals surface area contributed by atoms with Crippen LogP contribution in [0.4, 0.5) is 0 Å². The third-order valence-corrected chi connectivity index (χ3v) is 3.74. The highest BCUT2D eigenvalue weighted by Crippen LogP contribution is 2.66. The second-order valence-electron chi connectivity index (χ2n) is 2.54. The molecule has 0 aliphatic carbocycles. The normalized spacial score (nSPS) is 57.0. The monoisotopic (exact) mass is 133 g/mol. The van der Waals surface area contributed by atoms with E-state index in [0.717, 1.165) is 6.42 Å². The first-order chi connectivity index (χ1) is 3.52. The van der Waals surface area contributed by atoms with Crippen LogP contribution in [0.25, 0.3) is 0 Å². The molecule has 48 valence electrons. The number of aliphatic hydroxyl groups is 1. The summed E-state index contributed by atoms with van der Waals surface area (Å²) in [7, 11) is 0.537. The quantitative estimate of drug-likeness (QED) is 0.510. The lowest BCUT2D eigenvalue weighted by Gasteiger charge is -2.07. The SMILES string of the molecule is CCC1(O)PC1(C)N. The van der Waals surface area contributed by atoms with Crippen molar-refractivity contribution in [2.45, 2.75) is 30.9 Å². The summed E-state index contributed by atoms with van der Waals surface area (Å²) >= 11 is 0. The minimum absolute atomic E-state index is 0.262. The van der Waals surface area contributed by atoms with Crippen molar-refractivity contribution in [2.24, 2.45) is 5.73 Å². The van der Waals surface area contributed by atoms with Gasteiger partial charge in [-0.3, -0.25) is 0 Å². The molecule has 1 aliphatic rings. The first-order valence-corrected chi connectivity index (χ1v) is 3.82. The van der Waals surface area contributed by atoms with E-state index in [9.17, 15) is 5.11 Å². The Hall–Kier alpha value is 0.350. The van der Waals surface area contributed by atoms with Gasteiger partial charge < -0.3 is 10.8 Å². The maximum absolute atomic E-state index is 9.35. The molecular weight excluding hydrogens is 121 g/mol. The molecule has 3 N–H and O–H groups in total. The van der Waals surface area contributed by atoms with Crippen LogP contribution in [-0.2, 0) is 0 Å². The van der Waals surface area contributed by atoms with E-state index in [2.05, 4.69) is 0 Å². The fraction of sp³-hybridized carbons (Fsp3) is 1.00. The molecule has 0 aromatic rings. The Morgan fingerprint density at radius 1 is 1.75 bits per heavy atom. The molecule has 1 aliphatic heterocycles. The molecule has 1 rings (SSSR count). The zero-order valence-corrected chi connectivity index (χ0v) is 6.23. The van der Waals surface area contributed by atoms with Crippen molar-refractivity contribution >= 4 is 8.58 Å². The van der Waals surface area contributed by atoms with Crippen LogP contribution in [-0.4, -0.2) is 15.7 Å². The van der Waals surface area contributed by atoms with E-state index in [1.165, 1.54) is 0 Å². The second kappa shape index (κ2) is 1.44. The highest BCUT2D eigenvalue weighted by molar-refractivity contribution is 7.51. The molecule has 3 atom stereocenters. The van der Waals surface area contributed by atoms with Gasteiger partial charge in [0.1, 0.15) is 5.34 Å². The summed E-state index contributed by atoms with van der Waals surface area (Å²) in [6.45, 7) is 3.86. The Labute approximate surface area is 51.2 Å². The summed E-state index contributed by atoms with van der Waals surface area (Å²) in [5.74, 6) is 0. The van der Waals surface area contributed by atoms with E-state index in [1.807, 2.05) is 13.8 Å². The van der Waals surface area contributed by atoms with Crippen LogP contribution in [0.15, 0.2) is 0 Å². The Morgan fingerprint density at radius 2 is 2.12 bits per heavy atom. The van der Waals surface area contributed by atoms with Crippen molar-refractivity contribution in [2.75, 3.05) is 0 Å². The summed E-state index contributed by atoms with van der Waals surface area (Å²) in [5, 5.41) is 8.58. The van der Waals surface area contributed by atoms with E-state index < -0.39 is 5.34 Å². The fourth-order valence-electron chi connectivity index (χ4n) is 0.854. The minimum atomic E-state index is -0.507. The number of hydrogen-bond donors (Lipinski definition) is 2. The van der Waals surface area contributed by atoms with Gasteiger partial charge >= 0.3 is 0 Å². The van der Waals surface area contributed by atoms with Gasteiger partial charge in [0.05, 0.1) is 5.28 Å². The first kappa shape index (κ1) is 6.47. The van der Waals surface area contributed by atoms with Crippen molar-refractivity contribution in [3.8, 4) is 0 Å². The van der Waals surface area contributed by atoms with Crippen molar-refractivity contribution in [3.05, 3.63) is 0 Å². The first-order valence-electron chi connectivity index (χ1n) is 2.82. The summed E-state index contributed by atoms with van der Waals surface area (Å²) in [6, 6.07) is 0. The molecule has 0 spiro atoms. The van der Waals surface area contributed by atoms with E-state index in [4.69, 9.17) is 5.73 Å². The van der Waals surface area contributed by atoms with E-state index in [1.54, 1.807) is 0 Å². The van der Waals surface area contributed by atoms with E-state index >= 15 is 0 Å². The van der Waals surface area contributed by atoms with Gasteiger partial charge in [0.25, 0.3) is 0 Å². The maximum atomic E-state index is 9.35. The minimum Gasteiger partial charge on any atom is -0.383 e. The van der Waals surface area contributed by atoms with Gasteiger partial charge in [-0.1, -0.05) is 15.5 Å². The molecule has 1 fully saturated rings. The van der Waals surface area contributed by atoms with Gasteiger partial charge in [0.15, 0.2) is 0 Å². The number of nitrogens with two attached hydrogens (primary N) is 1. The summed E-state index contributed by atoms with van der Waals surface area (Å²) < 4.78 is 0. The lowest BCUT2D eigenvalue weighted by Crippen LogP contribution is -2.30. The molecule has 0 aromatic heterocycles. The fourth-order valence-corrected chi connectivity index (χ4v) is 2.00. The van der Waals surface area contributed by atoms with Gasteiger partial charge in [-0.05, 0) is 13.3 Å². The lowest BCUT2D eigenvalue weighted by atomic mass is 10.1. The molecule has 0 bridgehead atoms. The molecule has 0 radical (unpaired) electrons. The van der Waals surface area contributed by atoms with Crippen LogP contribution >= 0.6 is 8.58 Å².